The minimum absolute atomic E-state index is 0.0586. The highest BCUT2D eigenvalue weighted by Gasteiger charge is 2.28. The average Bonchev–Trinajstić information content (AvgIpc) is 2.81. The van der Waals surface area contributed by atoms with Gasteiger partial charge in [0.15, 0.2) is 0 Å². The van der Waals surface area contributed by atoms with Crippen LogP contribution in [-0.4, -0.2) is 5.11 Å². The Morgan fingerprint density at radius 1 is 0.568 bits per heavy atom. The Kier molecular flexibility index (Phi) is 16.2. The molecule has 1 N–H and O–H groups in total. The van der Waals surface area contributed by atoms with E-state index in [4.69, 9.17) is 0 Å². The van der Waals surface area contributed by atoms with Gasteiger partial charge < -0.3 is 5.11 Å². The van der Waals surface area contributed by atoms with Crippen molar-refractivity contribution in [2.75, 3.05) is 0 Å². The molecule has 0 aliphatic rings. The van der Waals surface area contributed by atoms with E-state index in [0.29, 0.717) is 17.6 Å². The van der Waals surface area contributed by atoms with Crippen LogP contribution in [0.4, 0.5) is 0 Å². The fraction of sp³-hybridized carbons (Fsp3) is 0.833. The maximum Gasteiger partial charge on any atom is 0.123 e. The van der Waals surface area contributed by atoms with E-state index in [1.165, 1.54) is 115 Å². The van der Waals surface area contributed by atoms with Gasteiger partial charge in [0.25, 0.3) is 0 Å². The number of rotatable bonds is 19. The average molecular weight is 515 g/mol. The van der Waals surface area contributed by atoms with Gasteiger partial charge in [0.05, 0.1) is 0 Å². The molecule has 0 aliphatic carbocycles. The standard InChI is InChI=1S/C36H66O/c1-10-11-12-13-14-15-16-17-18-19-20-21-22-23-24-25-26-29(2)30(3)31-27-32(35(4,5)6)34(37)33(28-31)36(7,8)9/h27-30,37H,10-26H2,1-9H3. The second-order valence-electron chi connectivity index (χ2n) is 14.3. The number of phenols is 1. The minimum atomic E-state index is -0.0586. The van der Waals surface area contributed by atoms with Gasteiger partial charge in [0.2, 0.25) is 0 Å². The van der Waals surface area contributed by atoms with E-state index >= 15 is 0 Å². The molecular formula is C36H66O. The molecule has 0 amide bonds. The maximum atomic E-state index is 11.1. The lowest BCUT2D eigenvalue weighted by molar-refractivity contribution is 0.410. The summed E-state index contributed by atoms with van der Waals surface area (Å²) >= 11 is 0. The molecule has 1 nitrogen and oxygen atoms in total. The molecule has 2 atom stereocenters. The van der Waals surface area contributed by atoms with Gasteiger partial charge in [-0.15, -0.1) is 0 Å². The van der Waals surface area contributed by atoms with E-state index in [2.05, 4.69) is 74.4 Å². The van der Waals surface area contributed by atoms with Crippen molar-refractivity contribution in [1.82, 2.24) is 0 Å². The van der Waals surface area contributed by atoms with Crippen molar-refractivity contribution >= 4 is 0 Å². The molecule has 216 valence electrons. The van der Waals surface area contributed by atoms with E-state index < -0.39 is 0 Å². The molecule has 1 aromatic carbocycles. The molecule has 0 fully saturated rings. The Balaban J connectivity index is 2.28. The number of phenolic OH excluding ortho intramolecular Hbond substituents is 1. The fourth-order valence-electron chi connectivity index (χ4n) is 5.66. The van der Waals surface area contributed by atoms with Gasteiger partial charge in [-0.25, -0.2) is 0 Å². The number of hydrogen-bond acceptors (Lipinski definition) is 1. The lowest BCUT2D eigenvalue weighted by atomic mass is 9.75. The Bertz CT molecular complexity index is 682. The molecule has 1 heteroatoms. The van der Waals surface area contributed by atoms with Crippen LogP contribution in [0.5, 0.6) is 5.75 Å². The van der Waals surface area contributed by atoms with Crippen molar-refractivity contribution in [3.8, 4) is 5.75 Å². The normalized spacial score (nSPS) is 14.2. The van der Waals surface area contributed by atoms with Crippen LogP contribution in [0.1, 0.15) is 194 Å². The highest BCUT2D eigenvalue weighted by Crippen LogP contribution is 2.42. The van der Waals surface area contributed by atoms with E-state index in [9.17, 15) is 5.11 Å². The third kappa shape index (κ3) is 13.6. The zero-order chi connectivity index (χ0) is 27.9. The molecule has 0 spiro atoms. The molecular weight excluding hydrogens is 448 g/mol. The van der Waals surface area contributed by atoms with E-state index in [0.717, 1.165) is 11.1 Å². The molecule has 2 unspecified atom stereocenters. The van der Waals surface area contributed by atoms with E-state index in [-0.39, 0.29) is 10.8 Å². The van der Waals surface area contributed by atoms with Crippen molar-refractivity contribution in [1.29, 1.82) is 0 Å². The van der Waals surface area contributed by atoms with Crippen LogP contribution in [0.2, 0.25) is 0 Å². The van der Waals surface area contributed by atoms with Crippen molar-refractivity contribution in [2.24, 2.45) is 5.92 Å². The summed E-state index contributed by atoms with van der Waals surface area (Å²) in [7, 11) is 0. The lowest BCUT2D eigenvalue weighted by Gasteiger charge is -2.30. The van der Waals surface area contributed by atoms with Crippen LogP contribution < -0.4 is 0 Å². The predicted molar refractivity (Wildman–Crippen MR) is 167 cm³/mol. The predicted octanol–water partition coefficient (Wildman–Crippen LogP) is 12.4. The first kappa shape index (κ1) is 34.0. The van der Waals surface area contributed by atoms with Crippen LogP contribution in [-0.2, 0) is 10.8 Å². The van der Waals surface area contributed by atoms with Gasteiger partial charge in [-0.05, 0) is 39.4 Å². The monoisotopic (exact) mass is 515 g/mol. The van der Waals surface area contributed by atoms with Gasteiger partial charge in [0.1, 0.15) is 5.75 Å². The third-order valence-corrected chi connectivity index (χ3v) is 8.64. The first-order valence-electron chi connectivity index (χ1n) is 16.3. The fourth-order valence-corrected chi connectivity index (χ4v) is 5.66. The molecule has 0 saturated heterocycles. The van der Waals surface area contributed by atoms with Crippen LogP contribution in [0.15, 0.2) is 12.1 Å². The highest BCUT2D eigenvalue weighted by molar-refractivity contribution is 5.50. The minimum Gasteiger partial charge on any atom is -0.507 e. The quantitative estimate of drug-likeness (QED) is 0.182. The first-order chi connectivity index (χ1) is 17.4. The van der Waals surface area contributed by atoms with Crippen molar-refractivity contribution < 1.29 is 5.11 Å². The summed E-state index contributed by atoms with van der Waals surface area (Å²) in [5.74, 6) is 1.68. The Labute approximate surface area is 233 Å². The molecule has 0 heterocycles. The van der Waals surface area contributed by atoms with E-state index in [1.807, 2.05) is 0 Å². The summed E-state index contributed by atoms with van der Waals surface area (Å²) in [6.07, 6.45) is 24.2. The number of benzene rings is 1. The largest absolute Gasteiger partial charge is 0.507 e. The summed E-state index contributed by atoms with van der Waals surface area (Å²) in [6.45, 7) is 20.4. The molecule has 1 aromatic rings. The highest BCUT2D eigenvalue weighted by atomic mass is 16.3. The lowest BCUT2D eigenvalue weighted by Crippen LogP contribution is -2.19. The van der Waals surface area contributed by atoms with Gasteiger partial charge in [-0.1, -0.05) is 184 Å². The van der Waals surface area contributed by atoms with Crippen LogP contribution in [0.25, 0.3) is 0 Å². The summed E-state index contributed by atoms with van der Waals surface area (Å²) < 4.78 is 0. The molecule has 0 saturated carbocycles. The second kappa shape index (κ2) is 17.6. The van der Waals surface area contributed by atoms with Crippen molar-refractivity contribution in [3.05, 3.63) is 28.8 Å². The number of hydrogen-bond donors (Lipinski definition) is 1. The summed E-state index contributed by atoms with van der Waals surface area (Å²) in [4.78, 5) is 0. The second-order valence-corrected chi connectivity index (χ2v) is 14.3. The van der Waals surface area contributed by atoms with Crippen LogP contribution in [0.3, 0.4) is 0 Å². The van der Waals surface area contributed by atoms with Crippen molar-refractivity contribution in [2.45, 2.75) is 188 Å². The smallest absolute Gasteiger partial charge is 0.123 e. The number of unbranched alkanes of at least 4 members (excludes halogenated alkanes) is 15. The van der Waals surface area contributed by atoms with Gasteiger partial charge in [-0.2, -0.15) is 0 Å². The summed E-state index contributed by atoms with van der Waals surface area (Å²) in [6, 6.07) is 4.58. The topological polar surface area (TPSA) is 20.2 Å². The molecule has 37 heavy (non-hydrogen) atoms. The van der Waals surface area contributed by atoms with Crippen molar-refractivity contribution in [3.63, 3.8) is 0 Å². The SMILES string of the molecule is CCCCCCCCCCCCCCCCCCC(C)C(C)c1cc(C(C)(C)C)c(O)c(C(C)(C)C)c1. The Hall–Kier alpha value is -0.980. The molecule has 0 bridgehead atoms. The third-order valence-electron chi connectivity index (χ3n) is 8.64. The summed E-state index contributed by atoms with van der Waals surface area (Å²) in [5.41, 5.74) is 3.47. The molecule has 0 aromatic heterocycles. The zero-order valence-electron chi connectivity index (χ0n) is 26.8. The first-order valence-corrected chi connectivity index (χ1v) is 16.3. The van der Waals surface area contributed by atoms with E-state index in [1.54, 1.807) is 0 Å². The molecule has 0 radical (unpaired) electrons. The van der Waals surface area contributed by atoms with Gasteiger partial charge in [0, 0.05) is 0 Å². The molecule has 0 aliphatic heterocycles. The van der Waals surface area contributed by atoms with Crippen LogP contribution in [0, 0.1) is 5.92 Å². The van der Waals surface area contributed by atoms with Gasteiger partial charge in [-0.3, -0.25) is 0 Å². The Morgan fingerprint density at radius 2 is 0.892 bits per heavy atom. The molecule has 1 rings (SSSR count). The zero-order valence-corrected chi connectivity index (χ0v) is 26.8. The maximum absolute atomic E-state index is 11.1. The van der Waals surface area contributed by atoms with Gasteiger partial charge >= 0.3 is 0 Å². The Morgan fingerprint density at radius 3 is 1.22 bits per heavy atom. The number of aromatic hydroxyl groups is 1. The van der Waals surface area contributed by atoms with Crippen LogP contribution >= 0.6 is 0 Å². The summed E-state index contributed by atoms with van der Waals surface area (Å²) in [5, 5.41) is 11.1.